The second-order valence-corrected chi connectivity index (χ2v) is 7.13. The van der Waals surface area contributed by atoms with Crippen LogP contribution in [0.3, 0.4) is 0 Å². The van der Waals surface area contributed by atoms with Gasteiger partial charge in [-0.25, -0.2) is 0 Å². The molecule has 0 unspecified atom stereocenters. The lowest BCUT2D eigenvalue weighted by atomic mass is 10.1. The Morgan fingerprint density at radius 1 is 0.960 bits per heavy atom. The smallest absolute Gasteiger partial charge is 0.253 e. The largest absolute Gasteiger partial charge is 0.336 e. The van der Waals surface area contributed by atoms with Crippen LogP contribution in [0.2, 0.25) is 10.0 Å². The number of nitrogens with zero attached hydrogens (tertiary/aromatic N) is 2. The van der Waals surface area contributed by atoms with Gasteiger partial charge in [0.15, 0.2) is 0 Å². The highest BCUT2D eigenvalue weighted by Gasteiger charge is 2.23. The topological polar surface area (TPSA) is 23.6 Å². The van der Waals surface area contributed by atoms with E-state index >= 15 is 0 Å². The van der Waals surface area contributed by atoms with Crippen LogP contribution in [0.5, 0.6) is 0 Å². The molecule has 2 aromatic carbocycles. The van der Waals surface area contributed by atoms with Crippen LogP contribution in [-0.4, -0.2) is 41.9 Å². The Hall–Kier alpha value is -1.55. The van der Waals surface area contributed by atoms with Crippen LogP contribution in [-0.2, 0) is 13.0 Å². The molecule has 0 spiro atoms. The Morgan fingerprint density at radius 2 is 1.56 bits per heavy atom. The molecule has 2 aromatic rings. The second-order valence-electron chi connectivity index (χ2n) is 6.32. The minimum absolute atomic E-state index is 0.109. The van der Waals surface area contributed by atoms with E-state index in [0.29, 0.717) is 16.6 Å². The highest BCUT2D eigenvalue weighted by Crippen LogP contribution is 2.26. The normalized spacial score (nSPS) is 15.4. The fourth-order valence-corrected chi connectivity index (χ4v) is 3.60. The van der Waals surface area contributed by atoms with Crippen molar-refractivity contribution in [2.75, 3.05) is 26.2 Å². The third-order valence-corrected chi connectivity index (χ3v) is 5.42. The first-order chi connectivity index (χ1) is 12.1. The summed E-state index contributed by atoms with van der Waals surface area (Å²) in [7, 11) is 0. The molecule has 3 nitrogen and oxygen atoms in total. The maximum absolute atomic E-state index is 12.6. The highest BCUT2D eigenvalue weighted by molar-refractivity contribution is 6.35. The van der Waals surface area contributed by atoms with E-state index in [0.717, 1.165) is 43.7 Å². The zero-order chi connectivity index (χ0) is 17.8. The first-order valence-electron chi connectivity index (χ1n) is 8.62. The Balaban J connectivity index is 1.58. The van der Waals surface area contributed by atoms with Crippen LogP contribution in [0.15, 0.2) is 42.5 Å². The molecule has 0 atom stereocenters. The van der Waals surface area contributed by atoms with Gasteiger partial charge in [0.2, 0.25) is 0 Å². The number of amides is 1. The molecule has 0 bridgehead atoms. The molecule has 0 saturated carbocycles. The number of piperazine rings is 1. The lowest BCUT2D eigenvalue weighted by molar-refractivity contribution is 0.0628. The number of carbonyl (C=O) groups excluding carboxylic acids is 1. The van der Waals surface area contributed by atoms with Crippen molar-refractivity contribution in [3.63, 3.8) is 0 Å². The van der Waals surface area contributed by atoms with Crippen molar-refractivity contribution in [1.82, 2.24) is 9.80 Å². The lowest BCUT2D eigenvalue weighted by Gasteiger charge is -2.35. The summed E-state index contributed by atoms with van der Waals surface area (Å²) in [6, 6.07) is 13.5. The van der Waals surface area contributed by atoms with Crippen molar-refractivity contribution >= 4 is 29.1 Å². The summed E-state index contributed by atoms with van der Waals surface area (Å²) in [5.41, 5.74) is 2.97. The van der Waals surface area contributed by atoms with E-state index in [2.05, 4.69) is 11.8 Å². The van der Waals surface area contributed by atoms with Crippen LogP contribution in [0.25, 0.3) is 0 Å². The molecule has 1 heterocycles. The SMILES string of the molecule is CCc1ccc(C(=O)N2CCN(Cc3c(Cl)cccc3Cl)CC2)cc1. The summed E-state index contributed by atoms with van der Waals surface area (Å²) in [5.74, 6) is 0.109. The maximum atomic E-state index is 12.6. The number of rotatable bonds is 4. The van der Waals surface area contributed by atoms with Crippen molar-refractivity contribution < 1.29 is 4.79 Å². The van der Waals surface area contributed by atoms with Gasteiger partial charge in [0.25, 0.3) is 5.91 Å². The van der Waals surface area contributed by atoms with Crippen molar-refractivity contribution in [3.05, 3.63) is 69.2 Å². The van der Waals surface area contributed by atoms with E-state index in [-0.39, 0.29) is 5.91 Å². The number of carbonyl (C=O) groups is 1. The Labute approximate surface area is 159 Å². The molecule has 25 heavy (non-hydrogen) atoms. The van der Waals surface area contributed by atoms with Gasteiger partial charge < -0.3 is 4.90 Å². The van der Waals surface area contributed by atoms with Gasteiger partial charge in [-0.05, 0) is 36.2 Å². The van der Waals surface area contributed by atoms with Gasteiger partial charge in [0, 0.05) is 53.9 Å². The average molecular weight is 377 g/mol. The first-order valence-corrected chi connectivity index (χ1v) is 9.37. The lowest BCUT2D eigenvalue weighted by Crippen LogP contribution is -2.48. The van der Waals surface area contributed by atoms with E-state index < -0.39 is 0 Å². The number of hydrogen-bond acceptors (Lipinski definition) is 2. The minimum Gasteiger partial charge on any atom is -0.336 e. The monoisotopic (exact) mass is 376 g/mol. The minimum atomic E-state index is 0.109. The van der Waals surface area contributed by atoms with Gasteiger partial charge >= 0.3 is 0 Å². The number of benzene rings is 2. The van der Waals surface area contributed by atoms with Crippen molar-refractivity contribution in [2.45, 2.75) is 19.9 Å². The molecule has 1 fully saturated rings. The molecule has 0 N–H and O–H groups in total. The quantitative estimate of drug-likeness (QED) is 0.783. The fourth-order valence-electron chi connectivity index (χ4n) is 3.08. The Kier molecular flexibility index (Phi) is 6.00. The molecule has 1 amide bonds. The zero-order valence-electron chi connectivity index (χ0n) is 14.3. The van der Waals surface area contributed by atoms with E-state index in [1.165, 1.54) is 5.56 Å². The first kappa shape index (κ1) is 18.2. The average Bonchev–Trinajstić information content (AvgIpc) is 2.65. The second kappa shape index (κ2) is 8.22. The standard InChI is InChI=1S/C20H22Cl2N2O/c1-2-15-6-8-16(9-7-15)20(25)24-12-10-23(11-13-24)14-17-18(21)4-3-5-19(17)22/h3-9H,2,10-14H2,1H3. The summed E-state index contributed by atoms with van der Waals surface area (Å²) < 4.78 is 0. The molecular formula is C20H22Cl2N2O. The van der Waals surface area contributed by atoms with Gasteiger partial charge in [-0.2, -0.15) is 0 Å². The summed E-state index contributed by atoms with van der Waals surface area (Å²) in [6.07, 6.45) is 0.984. The molecular weight excluding hydrogens is 355 g/mol. The number of aryl methyl sites for hydroxylation is 1. The van der Waals surface area contributed by atoms with Crippen LogP contribution in [0.1, 0.15) is 28.4 Å². The van der Waals surface area contributed by atoms with Crippen LogP contribution in [0, 0.1) is 0 Å². The van der Waals surface area contributed by atoms with Gasteiger partial charge in [-0.15, -0.1) is 0 Å². The van der Waals surface area contributed by atoms with Crippen LogP contribution in [0.4, 0.5) is 0 Å². The molecule has 1 aliphatic heterocycles. The molecule has 0 radical (unpaired) electrons. The highest BCUT2D eigenvalue weighted by atomic mass is 35.5. The van der Waals surface area contributed by atoms with Gasteiger partial charge in [-0.3, -0.25) is 9.69 Å². The summed E-state index contributed by atoms with van der Waals surface area (Å²) >= 11 is 12.5. The molecule has 1 saturated heterocycles. The van der Waals surface area contributed by atoms with Crippen LogP contribution >= 0.6 is 23.2 Å². The summed E-state index contributed by atoms with van der Waals surface area (Å²) in [6.45, 7) is 5.90. The molecule has 5 heteroatoms. The van der Waals surface area contributed by atoms with E-state index in [1.807, 2.05) is 47.4 Å². The number of halogens is 2. The Bertz CT molecular complexity index is 718. The number of hydrogen-bond donors (Lipinski definition) is 0. The predicted molar refractivity (Wildman–Crippen MR) is 103 cm³/mol. The molecule has 0 aliphatic carbocycles. The maximum Gasteiger partial charge on any atom is 0.253 e. The van der Waals surface area contributed by atoms with E-state index in [1.54, 1.807) is 0 Å². The molecule has 1 aliphatic rings. The van der Waals surface area contributed by atoms with E-state index in [9.17, 15) is 4.79 Å². The molecule has 3 rings (SSSR count). The van der Waals surface area contributed by atoms with Gasteiger partial charge in [0.05, 0.1) is 0 Å². The van der Waals surface area contributed by atoms with Gasteiger partial charge in [-0.1, -0.05) is 48.3 Å². The zero-order valence-corrected chi connectivity index (χ0v) is 15.9. The van der Waals surface area contributed by atoms with Crippen LogP contribution < -0.4 is 0 Å². The van der Waals surface area contributed by atoms with Crippen molar-refractivity contribution in [2.24, 2.45) is 0 Å². The van der Waals surface area contributed by atoms with Gasteiger partial charge in [0.1, 0.15) is 0 Å². The van der Waals surface area contributed by atoms with Crippen molar-refractivity contribution in [1.29, 1.82) is 0 Å². The molecule has 132 valence electrons. The summed E-state index contributed by atoms with van der Waals surface area (Å²) in [5, 5.41) is 1.39. The van der Waals surface area contributed by atoms with E-state index in [4.69, 9.17) is 23.2 Å². The fraction of sp³-hybridized carbons (Fsp3) is 0.350. The summed E-state index contributed by atoms with van der Waals surface area (Å²) in [4.78, 5) is 16.8. The van der Waals surface area contributed by atoms with Crippen molar-refractivity contribution in [3.8, 4) is 0 Å². The Morgan fingerprint density at radius 3 is 2.12 bits per heavy atom. The predicted octanol–water partition coefficient (Wildman–Crippen LogP) is 4.51. The molecule has 0 aromatic heterocycles. The third-order valence-electron chi connectivity index (χ3n) is 4.71. The third kappa shape index (κ3) is 4.35.